The third-order valence-corrected chi connectivity index (χ3v) is 7.09. The number of carbonyl (C=O) groups excluding carboxylic acids is 1. The molecule has 2 saturated heterocycles. The summed E-state index contributed by atoms with van der Waals surface area (Å²) < 4.78 is 16.8. The first-order valence-electron chi connectivity index (χ1n) is 9.04. The number of ether oxygens (including phenoxy) is 2. The summed E-state index contributed by atoms with van der Waals surface area (Å²) in [4.78, 5) is 25.0. The number of esters is 1. The van der Waals surface area contributed by atoms with E-state index in [1.165, 1.54) is 6.07 Å². The maximum atomic E-state index is 12.7. The number of rotatable bonds is 1. The van der Waals surface area contributed by atoms with E-state index >= 15 is 0 Å². The number of fused-ring (bicyclic) bond motifs is 4. The van der Waals surface area contributed by atoms with Gasteiger partial charge in [0.15, 0.2) is 0 Å². The molecule has 2 N–H and O–H groups in total. The van der Waals surface area contributed by atoms with Crippen molar-refractivity contribution in [1.29, 1.82) is 0 Å². The van der Waals surface area contributed by atoms with Crippen LogP contribution >= 0.6 is 0 Å². The lowest BCUT2D eigenvalue weighted by Gasteiger charge is -2.51. The van der Waals surface area contributed by atoms with Gasteiger partial charge in [0.1, 0.15) is 29.5 Å². The van der Waals surface area contributed by atoms with Crippen LogP contribution < -0.4 is 5.63 Å². The first kappa shape index (κ1) is 16.5. The lowest BCUT2D eigenvalue weighted by atomic mass is 9.48. The van der Waals surface area contributed by atoms with Crippen LogP contribution in [0.4, 0.5) is 0 Å². The van der Waals surface area contributed by atoms with Crippen molar-refractivity contribution in [2.24, 2.45) is 11.3 Å². The molecule has 5 rings (SSSR count). The minimum Gasteiger partial charge on any atom is -0.458 e. The Balaban J connectivity index is 1.85. The van der Waals surface area contributed by atoms with Crippen molar-refractivity contribution in [3.63, 3.8) is 0 Å². The number of hydrogen-bond donors (Lipinski definition) is 2. The van der Waals surface area contributed by atoms with Crippen LogP contribution in [0.5, 0.6) is 0 Å². The summed E-state index contributed by atoms with van der Waals surface area (Å²) in [5, 5.41) is 21.8. The SMILES string of the molecule is CC(C)c1oc(=O)cc2c1[C@@H](O)[C@H]1OC(=O)[C@]3(C)C1[C@]2(C)[C@@H]1O[C@@H]1[C@@H]3O. The predicted octanol–water partition coefficient (Wildman–Crippen LogP) is 0.758. The summed E-state index contributed by atoms with van der Waals surface area (Å²) in [6, 6.07) is 1.40. The molecule has 1 unspecified atom stereocenters. The molecule has 4 aliphatic rings. The number of carbonyl (C=O) groups is 1. The normalized spacial score (nSPS) is 47.9. The summed E-state index contributed by atoms with van der Waals surface area (Å²) in [6.45, 7) is 7.38. The molecule has 1 aromatic rings. The van der Waals surface area contributed by atoms with Gasteiger partial charge in [0.05, 0.1) is 12.2 Å². The zero-order valence-electron chi connectivity index (χ0n) is 15.1. The van der Waals surface area contributed by atoms with Gasteiger partial charge in [-0.05, 0) is 12.5 Å². The average molecular weight is 362 g/mol. The fraction of sp³-hybridized carbons (Fsp3) is 0.684. The molecule has 7 heteroatoms. The van der Waals surface area contributed by atoms with E-state index in [1.807, 2.05) is 20.8 Å². The molecule has 0 bridgehead atoms. The van der Waals surface area contributed by atoms with E-state index in [2.05, 4.69) is 0 Å². The monoisotopic (exact) mass is 362 g/mol. The summed E-state index contributed by atoms with van der Waals surface area (Å²) >= 11 is 0. The number of aliphatic hydroxyl groups excluding tert-OH is 2. The highest BCUT2D eigenvalue weighted by Crippen LogP contribution is 2.68. The van der Waals surface area contributed by atoms with Crippen LogP contribution in [-0.2, 0) is 19.7 Å². The van der Waals surface area contributed by atoms with Gasteiger partial charge in [0.25, 0.3) is 0 Å². The van der Waals surface area contributed by atoms with Crippen LogP contribution in [0.2, 0.25) is 0 Å². The van der Waals surface area contributed by atoms with E-state index < -0.39 is 52.8 Å². The van der Waals surface area contributed by atoms with Crippen molar-refractivity contribution in [2.45, 2.75) is 69.5 Å². The Bertz CT molecular complexity index is 888. The standard InChI is InChI=1S/C19H22O7/c1-6(2)11-9-7(5-8(20)24-11)18(3)14-12(10(9)21)26-17(23)19(14,4)15(22)13-16(18)25-13/h5-6,10,12-16,21-22H,1-4H3/t10-,12-,13-,14?,15+,16-,18-,19-/m1/s1. The fourth-order valence-corrected chi connectivity index (χ4v) is 5.85. The zero-order valence-corrected chi connectivity index (χ0v) is 15.1. The maximum Gasteiger partial charge on any atom is 0.336 e. The van der Waals surface area contributed by atoms with E-state index in [0.29, 0.717) is 16.9 Å². The van der Waals surface area contributed by atoms with E-state index in [-0.39, 0.29) is 12.0 Å². The van der Waals surface area contributed by atoms with E-state index in [4.69, 9.17) is 13.9 Å². The molecule has 7 nitrogen and oxygen atoms in total. The first-order valence-corrected chi connectivity index (χ1v) is 9.04. The smallest absolute Gasteiger partial charge is 0.336 e. The zero-order chi connectivity index (χ0) is 18.8. The molecule has 0 amide bonds. The van der Waals surface area contributed by atoms with Crippen LogP contribution in [0.15, 0.2) is 15.3 Å². The molecule has 26 heavy (non-hydrogen) atoms. The van der Waals surface area contributed by atoms with Crippen LogP contribution in [0.3, 0.4) is 0 Å². The highest BCUT2D eigenvalue weighted by atomic mass is 16.6. The van der Waals surface area contributed by atoms with Gasteiger partial charge in [-0.15, -0.1) is 0 Å². The first-order chi connectivity index (χ1) is 12.1. The topological polar surface area (TPSA) is 110 Å². The second kappa shape index (κ2) is 4.58. The minimum absolute atomic E-state index is 0.124. The van der Waals surface area contributed by atoms with E-state index in [0.717, 1.165) is 0 Å². The van der Waals surface area contributed by atoms with Gasteiger partial charge in [-0.25, -0.2) is 4.79 Å². The van der Waals surface area contributed by atoms with Crippen molar-refractivity contribution in [3.05, 3.63) is 33.4 Å². The van der Waals surface area contributed by atoms with Gasteiger partial charge in [-0.3, -0.25) is 4.79 Å². The number of hydrogen-bond acceptors (Lipinski definition) is 7. The van der Waals surface area contributed by atoms with Gasteiger partial charge in [0.2, 0.25) is 0 Å². The number of epoxide rings is 1. The van der Waals surface area contributed by atoms with Gasteiger partial charge in [-0.1, -0.05) is 20.8 Å². The average Bonchev–Trinajstić information content (AvgIpc) is 3.33. The summed E-state index contributed by atoms with van der Waals surface area (Å²) in [5.41, 5.74) is -1.25. The van der Waals surface area contributed by atoms with Crippen molar-refractivity contribution < 1.29 is 28.9 Å². The minimum atomic E-state index is -1.19. The molecule has 8 atom stereocenters. The second-order valence-corrected chi connectivity index (χ2v) is 8.74. The van der Waals surface area contributed by atoms with Gasteiger partial charge < -0.3 is 24.1 Å². The van der Waals surface area contributed by atoms with Crippen LogP contribution in [0.25, 0.3) is 0 Å². The van der Waals surface area contributed by atoms with Crippen molar-refractivity contribution in [2.75, 3.05) is 0 Å². The molecule has 140 valence electrons. The Morgan fingerprint density at radius 3 is 2.46 bits per heavy atom. The fourth-order valence-electron chi connectivity index (χ4n) is 5.85. The van der Waals surface area contributed by atoms with Crippen LogP contribution in [0.1, 0.15) is 56.6 Å². The largest absolute Gasteiger partial charge is 0.458 e. The summed E-state index contributed by atoms with van der Waals surface area (Å²) in [6.07, 6.45) is -3.74. The lowest BCUT2D eigenvalue weighted by molar-refractivity contribution is -0.156. The molecule has 2 aliphatic carbocycles. The van der Waals surface area contributed by atoms with Gasteiger partial charge in [-0.2, -0.15) is 0 Å². The highest BCUT2D eigenvalue weighted by molar-refractivity contribution is 5.82. The Hall–Kier alpha value is -1.70. The molecule has 0 spiro atoms. The molecule has 2 aliphatic heterocycles. The molecule has 1 aromatic heterocycles. The van der Waals surface area contributed by atoms with E-state index in [9.17, 15) is 19.8 Å². The summed E-state index contributed by atoms with van der Waals surface area (Å²) in [7, 11) is 0. The van der Waals surface area contributed by atoms with E-state index in [1.54, 1.807) is 6.92 Å². The van der Waals surface area contributed by atoms with Crippen molar-refractivity contribution >= 4 is 5.97 Å². The third kappa shape index (κ3) is 1.57. The second-order valence-electron chi connectivity index (χ2n) is 8.74. The predicted molar refractivity (Wildman–Crippen MR) is 87.5 cm³/mol. The Labute approximate surface area is 149 Å². The van der Waals surface area contributed by atoms with Gasteiger partial charge >= 0.3 is 11.6 Å². The highest BCUT2D eigenvalue weighted by Gasteiger charge is 2.79. The third-order valence-electron chi connectivity index (χ3n) is 7.09. The molecule has 3 heterocycles. The molecule has 0 radical (unpaired) electrons. The molecular weight excluding hydrogens is 340 g/mol. The Morgan fingerprint density at radius 1 is 1.12 bits per heavy atom. The van der Waals surface area contributed by atoms with Crippen LogP contribution in [-0.4, -0.2) is 40.6 Å². The molecular formula is C19H22O7. The molecule has 1 saturated carbocycles. The maximum absolute atomic E-state index is 12.7. The molecule has 3 fully saturated rings. The van der Waals surface area contributed by atoms with Gasteiger partial charge in [0, 0.05) is 28.9 Å². The van der Waals surface area contributed by atoms with Crippen LogP contribution in [0, 0.1) is 11.3 Å². The Kier molecular flexibility index (Phi) is 2.90. The number of aliphatic hydroxyl groups is 2. The van der Waals surface area contributed by atoms with Crippen molar-refractivity contribution in [1.82, 2.24) is 0 Å². The summed E-state index contributed by atoms with van der Waals surface area (Å²) in [5.74, 6) is -0.739. The van der Waals surface area contributed by atoms with Crippen molar-refractivity contribution in [3.8, 4) is 0 Å². The lowest BCUT2D eigenvalue weighted by Crippen LogP contribution is -2.62. The molecule has 0 aromatic carbocycles. The quantitative estimate of drug-likeness (QED) is 0.560. The Morgan fingerprint density at radius 2 is 1.81 bits per heavy atom.